The van der Waals surface area contributed by atoms with Gasteiger partial charge < -0.3 is 15.2 Å². The molecule has 1 aliphatic carbocycles. The maximum absolute atomic E-state index is 12.7. The number of H-pyrrole nitrogens is 1. The lowest BCUT2D eigenvalue weighted by atomic mass is 9.73. The molecule has 32 heavy (non-hydrogen) atoms. The molecule has 2 aromatic carbocycles. The third kappa shape index (κ3) is 3.08. The predicted octanol–water partition coefficient (Wildman–Crippen LogP) is 5.33. The summed E-state index contributed by atoms with van der Waals surface area (Å²) in [6.45, 7) is 0. The van der Waals surface area contributed by atoms with Crippen molar-refractivity contribution in [3.63, 3.8) is 0 Å². The summed E-state index contributed by atoms with van der Waals surface area (Å²) in [4.78, 5) is 28.5. The van der Waals surface area contributed by atoms with Crippen LogP contribution in [0.1, 0.15) is 17.5 Å². The number of aromatic hydroxyl groups is 1. The number of carbonyl (C=O) groups is 1. The molecule has 0 bridgehead atoms. The van der Waals surface area contributed by atoms with E-state index in [1.54, 1.807) is 35.7 Å². The zero-order valence-corrected chi connectivity index (χ0v) is 17.7. The Morgan fingerprint density at radius 3 is 2.25 bits per heavy atom. The molecule has 4 aromatic rings. The molecule has 0 saturated carbocycles. The molecule has 1 unspecified atom stereocenters. The minimum Gasteiger partial charge on any atom is -0.506 e. The number of nitrogens with one attached hydrogen (secondary N) is 1. The molecule has 0 spiro atoms. The normalized spacial score (nSPS) is 17.9. The number of hydrogen-bond acceptors (Lipinski definition) is 4. The van der Waals surface area contributed by atoms with Crippen molar-refractivity contribution < 1.29 is 15.0 Å². The fourth-order valence-corrected chi connectivity index (χ4v) is 5.28. The van der Waals surface area contributed by atoms with Gasteiger partial charge in [0.2, 0.25) is 0 Å². The van der Waals surface area contributed by atoms with Crippen LogP contribution in [0.25, 0.3) is 26.9 Å². The van der Waals surface area contributed by atoms with Gasteiger partial charge in [-0.3, -0.25) is 9.59 Å². The minimum absolute atomic E-state index is 0.138. The van der Waals surface area contributed by atoms with E-state index in [0.29, 0.717) is 21.3 Å². The maximum atomic E-state index is 12.7. The van der Waals surface area contributed by atoms with E-state index in [9.17, 15) is 19.8 Å². The third-order valence-electron chi connectivity index (χ3n) is 5.94. The van der Waals surface area contributed by atoms with Crippen molar-refractivity contribution in [1.82, 2.24) is 4.98 Å². The van der Waals surface area contributed by atoms with Crippen LogP contribution in [-0.2, 0) is 10.2 Å². The van der Waals surface area contributed by atoms with Gasteiger partial charge in [-0.1, -0.05) is 78.9 Å². The lowest BCUT2D eigenvalue weighted by Gasteiger charge is -2.28. The molecule has 0 aliphatic heterocycles. The number of aliphatic carboxylic acids is 1. The van der Waals surface area contributed by atoms with Crippen LogP contribution < -0.4 is 5.56 Å². The molecule has 158 valence electrons. The number of aromatic nitrogens is 1. The van der Waals surface area contributed by atoms with Crippen molar-refractivity contribution in [2.24, 2.45) is 0 Å². The first-order chi connectivity index (χ1) is 15.5. The average Bonchev–Trinajstić information content (AvgIpc) is 3.25. The summed E-state index contributed by atoms with van der Waals surface area (Å²) in [5, 5.41) is 23.5. The number of rotatable bonds is 4. The Bertz CT molecular complexity index is 1450. The van der Waals surface area contributed by atoms with Crippen LogP contribution in [0.4, 0.5) is 0 Å². The van der Waals surface area contributed by atoms with Gasteiger partial charge in [0.1, 0.15) is 16.0 Å². The van der Waals surface area contributed by atoms with Crippen molar-refractivity contribution >= 4 is 33.1 Å². The monoisotopic (exact) mass is 441 g/mol. The summed E-state index contributed by atoms with van der Waals surface area (Å²) in [5.74, 6) is -1.21. The molecular formula is C26H19NO4S. The molecule has 1 aliphatic rings. The SMILES string of the molecule is O=C(O)C1(c2csc3[nH]c(=O)c(-c4ccccc4)c(O)c23)C=CC(c2ccccc2)=CC1. The predicted molar refractivity (Wildman–Crippen MR) is 127 cm³/mol. The molecule has 6 heteroatoms. The highest BCUT2D eigenvalue weighted by Crippen LogP contribution is 2.46. The Hall–Kier alpha value is -3.90. The van der Waals surface area contributed by atoms with E-state index in [2.05, 4.69) is 4.98 Å². The number of carboxylic acid groups (broad SMARTS) is 1. The molecule has 3 N–H and O–H groups in total. The number of carboxylic acids is 1. The standard InChI is InChI=1S/C26H19NO4S/c28-22-20(18-9-5-2-6-10-18)23(29)27-24-21(22)19(15-32-24)26(25(30)31)13-11-17(12-14-26)16-7-3-1-4-8-16/h1-13,15H,14H2,(H,30,31)(H2,27,28,29). The van der Waals surface area contributed by atoms with Crippen LogP contribution in [0, 0.1) is 0 Å². The van der Waals surface area contributed by atoms with Gasteiger partial charge >= 0.3 is 5.97 Å². The van der Waals surface area contributed by atoms with E-state index >= 15 is 0 Å². The van der Waals surface area contributed by atoms with Gasteiger partial charge in [-0.25, -0.2) is 0 Å². The summed E-state index contributed by atoms with van der Waals surface area (Å²) in [5.41, 5.74) is 1.37. The Balaban J connectivity index is 1.68. The number of benzene rings is 2. The van der Waals surface area contributed by atoms with Crippen LogP contribution in [-0.4, -0.2) is 21.2 Å². The first-order valence-electron chi connectivity index (χ1n) is 10.1. The molecule has 0 amide bonds. The van der Waals surface area contributed by atoms with Crippen LogP contribution >= 0.6 is 11.3 Å². The van der Waals surface area contributed by atoms with Gasteiger partial charge in [-0.15, -0.1) is 11.3 Å². The quantitative estimate of drug-likeness (QED) is 0.399. The van der Waals surface area contributed by atoms with Gasteiger partial charge in [-0.05, 0) is 34.1 Å². The molecule has 2 aromatic heterocycles. The number of aromatic amines is 1. The smallest absolute Gasteiger partial charge is 0.318 e. The van der Waals surface area contributed by atoms with Gasteiger partial charge in [0.25, 0.3) is 5.56 Å². The van der Waals surface area contributed by atoms with Crippen LogP contribution in [0.15, 0.2) is 89.1 Å². The summed E-state index contributed by atoms with van der Waals surface area (Å²) >= 11 is 1.22. The Labute approximate surface area is 187 Å². The van der Waals surface area contributed by atoms with E-state index in [1.807, 2.05) is 48.6 Å². The van der Waals surface area contributed by atoms with Crippen LogP contribution in [0.2, 0.25) is 0 Å². The molecule has 5 rings (SSSR count). The summed E-state index contributed by atoms with van der Waals surface area (Å²) in [6.07, 6.45) is 5.64. The lowest BCUT2D eigenvalue weighted by Crippen LogP contribution is -2.34. The van der Waals surface area contributed by atoms with Crippen molar-refractivity contribution in [3.8, 4) is 16.9 Å². The molecular weight excluding hydrogens is 422 g/mol. The fraction of sp³-hybridized carbons (Fsp3) is 0.0769. The molecule has 0 fully saturated rings. The first kappa shape index (κ1) is 20.0. The zero-order chi connectivity index (χ0) is 22.3. The number of pyridine rings is 1. The Morgan fingerprint density at radius 1 is 1.00 bits per heavy atom. The van der Waals surface area contributed by atoms with E-state index in [4.69, 9.17) is 0 Å². The van der Waals surface area contributed by atoms with Crippen LogP contribution in [0.3, 0.4) is 0 Å². The van der Waals surface area contributed by atoms with Crippen molar-refractivity contribution in [2.45, 2.75) is 11.8 Å². The highest BCUT2D eigenvalue weighted by molar-refractivity contribution is 7.17. The van der Waals surface area contributed by atoms with Crippen molar-refractivity contribution in [3.05, 3.63) is 106 Å². The van der Waals surface area contributed by atoms with E-state index < -0.39 is 16.9 Å². The molecule has 0 saturated heterocycles. The topological polar surface area (TPSA) is 90.4 Å². The second-order valence-corrected chi connectivity index (χ2v) is 8.62. The average molecular weight is 442 g/mol. The van der Waals surface area contributed by atoms with Gasteiger partial charge in [0, 0.05) is 0 Å². The molecule has 1 atom stereocenters. The molecule has 0 radical (unpaired) electrons. The first-order valence-corrected chi connectivity index (χ1v) is 11.0. The number of fused-ring (bicyclic) bond motifs is 1. The summed E-state index contributed by atoms with van der Waals surface area (Å²) < 4.78 is 0. The van der Waals surface area contributed by atoms with E-state index in [1.165, 1.54) is 11.3 Å². The number of allylic oxidation sites excluding steroid dienone is 3. The lowest BCUT2D eigenvalue weighted by molar-refractivity contribution is -0.141. The molecule has 5 nitrogen and oxygen atoms in total. The Morgan fingerprint density at radius 2 is 1.66 bits per heavy atom. The van der Waals surface area contributed by atoms with Gasteiger partial charge in [0.15, 0.2) is 0 Å². The number of thiophene rings is 1. The summed E-state index contributed by atoms with van der Waals surface area (Å²) in [7, 11) is 0. The Kier molecular flexibility index (Phi) is 4.79. The zero-order valence-electron chi connectivity index (χ0n) is 16.9. The van der Waals surface area contributed by atoms with Gasteiger partial charge in [0.05, 0.1) is 10.9 Å². The fourth-order valence-electron chi connectivity index (χ4n) is 4.24. The third-order valence-corrected chi connectivity index (χ3v) is 6.84. The van der Waals surface area contributed by atoms with E-state index in [-0.39, 0.29) is 17.7 Å². The van der Waals surface area contributed by atoms with Gasteiger partial charge in [-0.2, -0.15) is 0 Å². The maximum Gasteiger partial charge on any atom is 0.318 e. The molecule has 2 heterocycles. The minimum atomic E-state index is -1.35. The highest BCUT2D eigenvalue weighted by Gasteiger charge is 2.41. The van der Waals surface area contributed by atoms with E-state index in [0.717, 1.165) is 11.1 Å². The number of hydrogen-bond donors (Lipinski definition) is 3. The summed E-state index contributed by atoms with van der Waals surface area (Å²) in [6, 6.07) is 18.6. The largest absolute Gasteiger partial charge is 0.506 e. The highest BCUT2D eigenvalue weighted by atomic mass is 32.1. The van der Waals surface area contributed by atoms with Crippen molar-refractivity contribution in [1.29, 1.82) is 0 Å². The van der Waals surface area contributed by atoms with Crippen molar-refractivity contribution in [2.75, 3.05) is 0 Å². The van der Waals surface area contributed by atoms with Crippen LogP contribution in [0.5, 0.6) is 5.75 Å². The second-order valence-electron chi connectivity index (χ2n) is 7.74. The second kappa shape index (κ2) is 7.66.